The second-order valence-electron chi connectivity index (χ2n) is 9.13. The lowest BCUT2D eigenvalue weighted by Gasteiger charge is -2.29. The Morgan fingerprint density at radius 3 is 2.74 bits per heavy atom. The molecule has 1 amide bonds. The largest absolute Gasteiger partial charge is 0.383 e. The fourth-order valence-corrected chi connectivity index (χ4v) is 4.96. The summed E-state index contributed by atoms with van der Waals surface area (Å²) in [6.07, 6.45) is 8.61. The van der Waals surface area contributed by atoms with Crippen LogP contribution in [-0.4, -0.2) is 54.8 Å². The van der Waals surface area contributed by atoms with Gasteiger partial charge < -0.3 is 20.7 Å². The maximum Gasteiger partial charge on any atom is 0.251 e. The van der Waals surface area contributed by atoms with Gasteiger partial charge in [0, 0.05) is 55.0 Å². The van der Waals surface area contributed by atoms with E-state index >= 15 is 0 Å². The molecule has 0 saturated heterocycles. The fraction of sp³-hybridized carbons (Fsp3) is 0.542. The number of ether oxygens (including phenoxy) is 1. The van der Waals surface area contributed by atoms with Gasteiger partial charge in [-0.25, -0.2) is 9.97 Å². The highest BCUT2D eigenvalue weighted by Gasteiger charge is 2.48. The summed E-state index contributed by atoms with van der Waals surface area (Å²) < 4.78 is 5.12. The zero-order valence-corrected chi connectivity index (χ0v) is 18.1. The first-order valence-corrected chi connectivity index (χ1v) is 11.4. The molecule has 0 bridgehead atoms. The predicted molar refractivity (Wildman–Crippen MR) is 120 cm³/mol. The third kappa shape index (κ3) is 4.29. The minimum Gasteiger partial charge on any atom is -0.383 e. The Hall–Kier alpha value is -2.51. The van der Waals surface area contributed by atoms with Gasteiger partial charge in [-0.2, -0.15) is 0 Å². The molecule has 1 aromatic carbocycles. The Morgan fingerprint density at radius 1 is 1.16 bits per heavy atom. The lowest BCUT2D eigenvalue weighted by molar-refractivity contribution is 0.0937. The number of rotatable bonds is 7. The highest BCUT2D eigenvalue weighted by atomic mass is 16.5. The second kappa shape index (κ2) is 8.55. The number of carbonyl (C=O) groups is 1. The predicted octanol–water partition coefficient (Wildman–Crippen LogP) is 2.88. The van der Waals surface area contributed by atoms with Crippen LogP contribution in [0.4, 0.5) is 5.95 Å². The first-order chi connectivity index (χ1) is 15.2. The van der Waals surface area contributed by atoms with Gasteiger partial charge in [0.1, 0.15) is 0 Å². The molecular weight excluding hydrogens is 390 g/mol. The van der Waals surface area contributed by atoms with E-state index < -0.39 is 0 Å². The van der Waals surface area contributed by atoms with Crippen molar-refractivity contribution in [3.05, 3.63) is 41.6 Å². The normalized spacial score (nSPS) is 23.8. The fourth-order valence-electron chi connectivity index (χ4n) is 4.96. The summed E-state index contributed by atoms with van der Waals surface area (Å²) in [6, 6.07) is 9.05. The molecule has 2 aromatic rings. The van der Waals surface area contributed by atoms with Crippen LogP contribution in [-0.2, 0) is 10.2 Å². The lowest BCUT2D eigenvalue weighted by Crippen LogP contribution is -2.39. The maximum atomic E-state index is 12.3. The van der Waals surface area contributed by atoms with E-state index in [1.807, 2.05) is 24.4 Å². The molecule has 5 rings (SSSR count). The number of hydrogen-bond acceptors (Lipinski definition) is 6. The van der Waals surface area contributed by atoms with E-state index in [2.05, 4.69) is 27.0 Å². The van der Waals surface area contributed by atoms with Crippen LogP contribution in [0.5, 0.6) is 0 Å². The molecule has 3 aliphatic rings. The number of methoxy groups -OCH3 is 1. The first kappa shape index (κ1) is 20.4. The summed E-state index contributed by atoms with van der Waals surface area (Å²) in [6.45, 7) is 2.42. The zero-order chi connectivity index (χ0) is 21.3. The number of nitrogens with zero attached hydrogens (tertiary/aromatic N) is 2. The standard InChI is InChI=1S/C24H31N5O2/c1-31-13-12-25-17-3-5-18(6-4-17)28-23-26-11-8-21(29-23)16-2-7-19-20(14-16)24(9-10-24)15-27-22(19)30/h2,7-8,11,14,17-18,25H,3-6,9-10,12-13,15H2,1H3,(H,27,30)(H,26,28,29). The maximum absolute atomic E-state index is 12.3. The number of aromatic nitrogens is 2. The van der Waals surface area contributed by atoms with Crippen molar-refractivity contribution in [1.82, 2.24) is 20.6 Å². The van der Waals surface area contributed by atoms with Crippen molar-refractivity contribution >= 4 is 11.9 Å². The number of hydrogen-bond donors (Lipinski definition) is 3. The number of anilines is 1. The Bertz CT molecular complexity index is 951. The molecule has 1 aliphatic heterocycles. The van der Waals surface area contributed by atoms with Crippen LogP contribution in [0.2, 0.25) is 0 Å². The van der Waals surface area contributed by atoms with Gasteiger partial charge in [0.15, 0.2) is 0 Å². The van der Waals surface area contributed by atoms with E-state index in [0.29, 0.717) is 18.0 Å². The van der Waals surface area contributed by atoms with Crippen LogP contribution in [0.15, 0.2) is 30.5 Å². The van der Waals surface area contributed by atoms with Crippen molar-refractivity contribution in [2.45, 2.75) is 56.0 Å². The Labute approximate surface area is 183 Å². The average Bonchev–Trinajstić information content (AvgIpc) is 3.59. The number of benzene rings is 1. The molecule has 2 fully saturated rings. The van der Waals surface area contributed by atoms with Crippen LogP contribution in [0.25, 0.3) is 11.3 Å². The Morgan fingerprint density at radius 2 is 1.97 bits per heavy atom. The van der Waals surface area contributed by atoms with Crippen molar-refractivity contribution in [3.8, 4) is 11.3 Å². The van der Waals surface area contributed by atoms with Gasteiger partial charge in [-0.15, -0.1) is 0 Å². The number of carbonyl (C=O) groups excluding carboxylic acids is 1. The highest BCUT2D eigenvalue weighted by molar-refractivity contribution is 5.98. The molecule has 0 radical (unpaired) electrons. The molecule has 2 aliphatic carbocycles. The second-order valence-corrected chi connectivity index (χ2v) is 9.13. The number of amides is 1. The minimum atomic E-state index is 0.0384. The number of fused-ring (bicyclic) bond motifs is 2. The molecule has 164 valence electrons. The summed E-state index contributed by atoms with van der Waals surface area (Å²) in [5.74, 6) is 0.723. The van der Waals surface area contributed by atoms with Gasteiger partial charge >= 0.3 is 0 Å². The summed E-state index contributed by atoms with van der Waals surface area (Å²) in [5, 5.41) is 10.1. The summed E-state index contributed by atoms with van der Waals surface area (Å²) >= 11 is 0. The molecule has 2 heterocycles. The third-order valence-electron chi connectivity index (χ3n) is 7.03. The monoisotopic (exact) mass is 421 g/mol. The quantitative estimate of drug-likeness (QED) is 0.596. The van der Waals surface area contributed by atoms with Crippen LogP contribution in [0, 0.1) is 0 Å². The van der Waals surface area contributed by atoms with Crippen molar-refractivity contribution in [2.75, 3.05) is 32.1 Å². The minimum absolute atomic E-state index is 0.0384. The van der Waals surface area contributed by atoms with Crippen LogP contribution < -0.4 is 16.0 Å². The highest BCUT2D eigenvalue weighted by Crippen LogP contribution is 2.51. The Balaban J connectivity index is 1.26. The van der Waals surface area contributed by atoms with Gasteiger partial charge in [0.25, 0.3) is 5.91 Å². The molecule has 31 heavy (non-hydrogen) atoms. The molecule has 3 N–H and O–H groups in total. The number of nitrogens with one attached hydrogen (secondary N) is 3. The van der Waals surface area contributed by atoms with Crippen LogP contribution in [0.3, 0.4) is 0 Å². The molecule has 7 nitrogen and oxygen atoms in total. The van der Waals surface area contributed by atoms with E-state index in [-0.39, 0.29) is 11.3 Å². The molecule has 2 saturated carbocycles. The van der Waals surface area contributed by atoms with E-state index in [0.717, 1.165) is 75.0 Å². The first-order valence-electron chi connectivity index (χ1n) is 11.4. The zero-order valence-electron chi connectivity index (χ0n) is 18.1. The van der Waals surface area contributed by atoms with E-state index in [4.69, 9.17) is 9.72 Å². The average molecular weight is 422 g/mol. The topological polar surface area (TPSA) is 88.2 Å². The molecule has 7 heteroatoms. The summed E-state index contributed by atoms with van der Waals surface area (Å²) in [5.41, 5.74) is 4.09. The van der Waals surface area contributed by atoms with Crippen molar-refractivity contribution < 1.29 is 9.53 Å². The van der Waals surface area contributed by atoms with Gasteiger partial charge in [-0.05, 0) is 62.3 Å². The Kier molecular flexibility index (Phi) is 5.63. The van der Waals surface area contributed by atoms with Crippen LogP contribution >= 0.6 is 0 Å². The summed E-state index contributed by atoms with van der Waals surface area (Å²) in [4.78, 5) is 21.5. The van der Waals surface area contributed by atoms with E-state index in [1.54, 1.807) is 7.11 Å². The summed E-state index contributed by atoms with van der Waals surface area (Å²) in [7, 11) is 1.74. The van der Waals surface area contributed by atoms with E-state index in [1.165, 1.54) is 5.56 Å². The van der Waals surface area contributed by atoms with Gasteiger partial charge in [0.05, 0.1) is 12.3 Å². The smallest absolute Gasteiger partial charge is 0.251 e. The molecule has 1 spiro atoms. The van der Waals surface area contributed by atoms with Crippen LogP contribution in [0.1, 0.15) is 54.4 Å². The van der Waals surface area contributed by atoms with Gasteiger partial charge in [0.2, 0.25) is 5.95 Å². The van der Waals surface area contributed by atoms with E-state index in [9.17, 15) is 4.79 Å². The molecule has 0 unspecified atom stereocenters. The molecule has 0 atom stereocenters. The lowest BCUT2D eigenvalue weighted by atomic mass is 9.86. The van der Waals surface area contributed by atoms with Crippen molar-refractivity contribution in [1.29, 1.82) is 0 Å². The molecule has 1 aromatic heterocycles. The SMILES string of the molecule is COCCNC1CCC(Nc2nccc(-c3ccc4c(c3)C3(CC3)CNC4=O)n2)CC1. The van der Waals surface area contributed by atoms with Crippen molar-refractivity contribution in [3.63, 3.8) is 0 Å². The molecular formula is C24H31N5O2. The van der Waals surface area contributed by atoms with Gasteiger partial charge in [-0.1, -0.05) is 6.07 Å². The van der Waals surface area contributed by atoms with Gasteiger partial charge in [-0.3, -0.25) is 4.79 Å². The van der Waals surface area contributed by atoms with Crippen molar-refractivity contribution in [2.24, 2.45) is 0 Å². The third-order valence-corrected chi connectivity index (χ3v) is 7.03.